The van der Waals surface area contributed by atoms with E-state index < -0.39 is 5.91 Å². The fourth-order valence-corrected chi connectivity index (χ4v) is 2.87. The minimum Gasteiger partial charge on any atom is -0.507 e. The van der Waals surface area contributed by atoms with Crippen LogP contribution in [0.1, 0.15) is 40.7 Å². The average Bonchev–Trinajstić information content (AvgIpc) is 2.87. The molecular formula is C17H14ClFN2O2. The van der Waals surface area contributed by atoms with Gasteiger partial charge in [-0.2, -0.15) is 5.10 Å². The van der Waals surface area contributed by atoms with Gasteiger partial charge >= 0.3 is 0 Å². The quantitative estimate of drug-likeness (QED) is 0.821. The number of phenols is 1. The maximum atomic E-state index is 13.9. The van der Waals surface area contributed by atoms with E-state index >= 15 is 0 Å². The summed E-state index contributed by atoms with van der Waals surface area (Å²) < 4.78 is 13.9. The number of nitrogens with one attached hydrogen (secondary N) is 1. The average molecular weight is 333 g/mol. The van der Waals surface area contributed by atoms with Crippen molar-refractivity contribution < 1.29 is 14.3 Å². The van der Waals surface area contributed by atoms with Crippen molar-refractivity contribution >= 4 is 23.2 Å². The first kappa shape index (κ1) is 15.5. The number of benzene rings is 2. The van der Waals surface area contributed by atoms with E-state index in [2.05, 4.69) is 10.5 Å². The minimum absolute atomic E-state index is 0.0368. The Hall–Kier alpha value is -2.40. The largest absolute Gasteiger partial charge is 0.507 e. The van der Waals surface area contributed by atoms with Gasteiger partial charge in [0.25, 0.3) is 5.91 Å². The second kappa shape index (κ2) is 6.01. The maximum absolute atomic E-state index is 13.9. The summed E-state index contributed by atoms with van der Waals surface area (Å²) in [6, 6.07) is 8.92. The van der Waals surface area contributed by atoms with Crippen molar-refractivity contribution in [1.29, 1.82) is 0 Å². The standard InChI is InChI=1S/C17H14ClFN2O2/c1-9-8-13(16-14(22)7-6-12(19)15(9)16)20-21-17(23)10-2-4-11(18)5-3-10/h2-7,9,22H,8H2,1H3,(H,21,23)/b20-13+/t9-/m0/s1. The van der Waals surface area contributed by atoms with E-state index in [0.717, 1.165) is 0 Å². The number of aromatic hydroxyl groups is 1. The molecule has 1 aliphatic carbocycles. The molecule has 6 heteroatoms. The highest BCUT2D eigenvalue weighted by molar-refractivity contribution is 6.30. The first-order valence-electron chi connectivity index (χ1n) is 7.11. The molecule has 0 fully saturated rings. The second-order valence-electron chi connectivity index (χ2n) is 5.47. The normalized spacial score (nSPS) is 18.0. The molecule has 1 aliphatic rings. The number of nitrogens with zero attached hydrogens (tertiary/aromatic N) is 1. The molecule has 0 bridgehead atoms. The van der Waals surface area contributed by atoms with E-state index in [1.54, 1.807) is 24.3 Å². The van der Waals surface area contributed by atoms with Gasteiger partial charge in [-0.05, 0) is 48.7 Å². The first-order valence-corrected chi connectivity index (χ1v) is 7.49. The molecule has 0 saturated carbocycles. The zero-order chi connectivity index (χ0) is 16.6. The van der Waals surface area contributed by atoms with Crippen molar-refractivity contribution in [1.82, 2.24) is 5.43 Å². The van der Waals surface area contributed by atoms with Crippen LogP contribution in [0, 0.1) is 5.82 Å². The predicted molar refractivity (Wildman–Crippen MR) is 86.6 cm³/mol. The maximum Gasteiger partial charge on any atom is 0.271 e. The first-order chi connectivity index (χ1) is 11.0. The number of amides is 1. The summed E-state index contributed by atoms with van der Waals surface area (Å²) in [6.45, 7) is 1.85. The van der Waals surface area contributed by atoms with Gasteiger partial charge in [-0.15, -0.1) is 0 Å². The molecule has 2 aromatic rings. The SMILES string of the molecule is C[C@H]1C/C(=N\NC(=O)c2ccc(Cl)cc2)c2c(O)ccc(F)c21. The van der Waals surface area contributed by atoms with Crippen LogP contribution in [0.3, 0.4) is 0 Å². The van der Waals surface area contributed by atoms with Crippen molar-refractivity contribution in [3.8, 4) is 5.75 Å². The summed E-state index contributed by atoms with van der Waals surface area (Å²) in [7, 11) is 0. The van der Waals surface area contributed by atoms with E-state index in [-0.39, 0.29) is 17.5 Å². The summed E-state index contributed by atoms with van der Waals surface area (Å²) in [5.41, 5.74) is 4.12. The molecule has 0 spiro atoms. The molecule has 0 unspecified atom stereocenters. The lowest BCUT2D eigenvalue weighted by Gasteiger charge is -2.06. The molecule has 0 heterocycles. The number of halogens is 2. The lowest BCUT2D eigenvalue weighted by atomic mass is 10.0. The highest BCUT2D eigenvalue weighted by atomic mass is 35.5. The summed E-state index contributed by atoms with van der Waals surface area (Å²) in [5.74, 6) is -0.917. The minimum atomic E-state index is -0.397. The van der Waals surface area contributed by atoms with Gasteiger partial charge in [0.1, 0.15) is 11.6 Å². The van der Waals surface area contributed by atoms with Crippen molar-refractivity contribution in [3.05, 3.63) is 63.9 Å². The smallest absolute Gasteiger partial charge is 0.271 e. The third-order valence-corrected chi connectivity index (χ3v) is 4.10. The number of hydrazone groups is 1. The van der Waals surface area contributed by atoms with E-state index in [4.69, 9.17) is 11.6 Å². The Morgan fingerprint density at radius 1 is 1.30 bits per heavy atom. The van der Waals surface area contributed by atoms with Crippen LogP contribution in [0.4, 0.5) is 4.39 Å². The fraction of sp³-hybridized carbons (Fsp3) is 0.176. The molecular weight excluding hydrogens is 319 g/mol. The number of hydrogen-bond acceptors (Lipinski definition) is 3. The number of fused-ring (bicyclic) bond motifs is 1. The molecule has 2 aromatic carbocycles. The van der Waals surface area contributed by atoms with Gasteiger partial charge in [-0.25, -0.2) is 9.82 Å². The summed E-state index contributed by atoms with van der Waals surface area (Å²) in [4.78, 5) is 12.1. The van der Waals surface area contributed by atoms with Crippen LogP contribution in [0.5, 0.6) is 5.75 Å². The van der Waals surface area contributed by atoms with Crippen LogP contribution in [-0.4, -0.2) is 16.7 Å². The molecule has 118 valence electrons. The number of carbonyl (C=O) groups excluding carboxylic acids is 1. The van der Waals surface area contributed by atoms with Gasteiger partial charge in [0.2, 0.25) is 0 Å². The van der Waals surface area contributed by atoms with Gasteiger partial charge in [-0.1, -0.05) is 18.5 Å². The number of hydrogen-bond donors (Lipinski definition) is 2. The zero-order valence-corrected chi connectivity index (χ0v) is 13.1. The lowest BCUT2D eigenvalue weighted by Crippen LogP contribution is -2.19. The van der Waals surface area contributed by atoms with E-state index in [9.17, 15) is 14.3 Å². The summed E-state index contributed by atoms with van der Waals surface area (Å²) >= 11 is 5.78. The fourth-order valence-electron chi connectivity index (χ4n) is 2.75. The Balaban J connectivity index is 1.87. The molecule has 1 amide bonds. The van der Waals surface area contributed by atoms with Crippen molar-refractivity contribution in [2.24, 2.45) is 5.10 Å². The topological polar surface area (TPSA) is 61.7 Å². The van der Waals surface area contributed by atoms with E-state index in [0.29, 0.717) is 33.8 Å². The molecule has 0 aliphatic heterocycles. The molecule has 0 saturated heterocycles. The Morgan fingerprint density at radius 3 is 2.70 bits per heavy atom. The van der Waals surface area contributed by atoms with Gasteiger partial charge in [0, 0.05) is 21.7 Å². The van der Waals surface area contributed by atoms with E-state index in [1.165, 1.54) is 12.1 Å². The summed E-state index contributed by atoms with van der Waals surface area (Å²) in [5, 5.41) is 14.6. The van der Waals surface area contributed by atoms with Gasteiger partial charge < -0.3 is 5.11 Å². The van der Waals surface area contributed by atoms with Gasteiger partial charge in [0.15, 0.2) is 0 Å². The monoisotopic (exact) mass is 332 g/mol. The van der Waals surface area contributed by atoms with Crippen LogP contribution in [-0.2, 0) is 0 Å². The third kappa shape index (κ3) is 2.92. The van der Waals surface area contributed by atoms with Crippen LogP contribution in [0.2, 0.25) is 5.02 Å². The number of phenolic OH excluding ortho intramolecular Hbond substituents is 1. The van der Waals surface area contributed by atoms with Crippen LogP contribution < -0.4 is 5.43 Å². The third-order valence-electron chi connectivity index (χ3n) is 3.85. The highest BCUT2D eigenvalue weighted by Crippen LogP contribution is 2.39. The van der Waals surface area contributed by atoms with Crippen LogP contribution >= 0.6 is 11.6 Å². The van der Waals surface area contributed by atoms with Crippen LogP contribution in [0.25, 0.3) is 0 Å². The Bertz CT molecular complexity index is 803. The van der Waals surface area contributed by atoms with Gasteiger partial charge in [-0.3, -0.25) is 4.79 Å². The van der Waals surface area contributed by atoms with Gasteiger partial charge in [0.05, 0.1) is 5.71 Å². The molecule has 23 heavy (non-hydrogen) atoms. The summed E-state index contributed by atoms with van der Waals surface area (Å²) in [6.07, 6.45) is 0.449. The van der Waals surface area contributed by atoms with E-state index in [1.807, 2.05) is 6.92 Å². The zero-order valence-electron chi connectivity index (χ0n) is 12.3. The molecule has 3 rings (SSSR count). The molecule has 2 N–H and O–H groups in total. The Morgan fingerprint density at radius 2 is 2.00 bits per heavy atom. The van der Waals surface area contributed by atoms with Crippen molar-refractivity contribution in [2.45, 2.75) is 19.3 Å². The highest BCUT2D eigenvalue weighted by Gasteiger charge is 2.30. The number of rotatable bonds is 2. The molecule has 1 atom stereocenters. The Kier molecular flexibility index (Phi) is 4.05. The van der Waals surface area contributed by atoms with Crippen molar-refractivity contribution in [3.63, 3.8) is 0 Å². The number of carbonyl (C=O) groups is 1. The predicted octanol–water partition coefficient (Wildman–Crippen LogP) is 3.83. The molecule has 0 aromatic heterocycles. The second-order valence-corrected chi connectivity index (χ2v) is 5.90. The molecule has 4 nitrogen and oxygen atoms in total. The van der Waals surface area contributed by atoms with Crippen LogP contribution in [0.15, 0.2) is 41.5 Å². The molecule has 0 radical (unpaired) electrons. The lowest BCUT2D eigenvalue weighted by molar-refractivity contribution is 0.0954. The Labute approximate surface area is 137 Å². The van der Waals surface area contributed by atoms with Crippen molar-refractivity contribution in [2.75, 3.05) is 0 Å².